The minimum absolute atomic E-state index is 0.415. The third-order valence-electron chi connectivity index (χ3n) is 6.40. The average Bonchev–Trinajstić information content (AvgIpc) is 2.65. The van der Waals surface area contributed by atoms with Gasteiger partial charge in [0.05, 0.1) is 0 Å². The number of rotatable bonds is 2. The minimum atomic E-state index is -0.719. The van der Waals surface area contributed by atoms with Crippen molar-refractivity contribution in [2.75, 3.05) is 0 Å². The molecule has 25 heavy (non-hydrogen) atoms. The maximum Gasteiger partial charge on any atom is 0.162 e. The quantitative estimate of drug-likeness (QED) is 0.583. The van der Waals surface area contributed by atoms with E-state index in [-0.39, 0.29) is 0 Å². The fourth-order valence-electron chi connectivity index (χ4n) is 4.70. The van der Waals surface area contributed by atoms with Gasteiger partial charge in [-0.2, -0.15) is 0 Å². The summed E-state index contributed by atoms with van der Waals surface area (Å²) < 4.78 is 27.3. The van der Waals surface area contributed by atoms with Crippen LogP contribution in [0.25, 0.3) is 0 Å². The molecule has 2 aromatic rings. The molecule has 0 aliphatic heterocycles. The molecule has 1 fully saturated rings. The smallest absolute Gasteiger partial charge is 0.162 e. The van der Waals surface area contributed by atoms with Crippen LogP contribution in [-0.4, -0.2) is 0 Å². The Kier molecular flexibility index (Phi) is 4.62. The number of benzene rings is 2. The van der Waals surface area contributed by atoms with E-state index >= 15 is 0 Å². The van der Waals surface area contributed by atoms with Gasteiger partial charge in [0, 0.05) is 0 Å². The molecule has 2 aliphatic carbocycles. The molecule has 132 valence electrons. The van der Waals surface area contributed by atoms with E-state index in [4.69, 9.17) is 0 Å². The highest BCUT2D eigenvalue weighted by Crippen LogP contribution is 2.38. The summed E-state index contributed by atoms with van der Waals surface area (Å²) in [6.07, 6.45) is 7.64. The Morgan fingerprint density at radius 3 is 2.08 bits per heavy atom. The van der Waals surface area contributed by atoms with Crippen molar-refractivity contribution >= 4 is 0 Å². The van der Waals surface area contributed by atoms with Gasteiger partial charge in [-0.15, -0.1) is 0 Å². The topological polar surface area (TPSA) is 0 Å². The summed E-state index contributed by atoms with van der Waals surface area (Å²) in [5.41, 5.74) is 4.37. The first-order chi connectivity index (χ1) is 12.1. The van der Waals surface area contributed by atoms with E-state index in [1.54, 1.807) is 6.07 Å². The monoisotopic (exact) mass is 340 g/mol. The van der Waals surface area contributed by atoms with Crippen LogP contribution in [0.2, 0.25) is 0 Å². The molecule has 2 aliphatic rings. The first kappa shape index (κ1) is 16.8. The van der Waals surface area contributed by atoms with Crippen molar-refractivity contribution in [3.8, 4) is 0 Å². The number of hydrogen-bond acceptors (Lipinski definition) is 0. The second-order valence-electron chi connectivity index (χ2n) is 8.06. The molecule has 2 aromatic carbocycles. The van der Waals surface area contributed by atoms with Crippen molar-refractivity contribution in [2.24, 2.45) is 5.92 Å². The number of hydrogen-bond donors (Lipinski definition) is 0. The summed E-state index contributed by atoms with van der Waals surface area (Å²) in [5, 5.41) is 0. The van der Waals surface area contributed by atoms with Crippen LogP contribution in [-0.2, 0) is 12.8 Å². The van der Waals surface area contributed by atoms with Gasteiger partial charge >= 0.3 is 0 Å². The SMILES string of the molecule is CC1CCC(c2ccc(C3CCc4c(ccc(F)c4F)C3)cc2)CC1. The van der Waals surface area contributed by atoms with Gasteiger partial charge in [0.2, 0.25) is 0 Å². The second-order valence-corrected chi connectivity index (χ2v) is 8.06. The molecule has 1 unspecified atom stereocenters. The van der Waals surface area contributed by atoms with Crippen LogP contribution in [0, 0.1) is 17.6 Å². The Labute approximate surface area is 149 Å². The zero-order valence-corrected chi connectivity index (χ0v) is 14.9. The van der Waals surface area contributed by atoms with E-state index in [0.29, 0.717) is 17.9 Å². The lowest BCUT2D eigenvalue weighted by Gasteiger charge is -2.28. The summed E-state index contributed by atoms with van der Waals surface area (Å²) in [7, 11) is 0. The highest BCUT2D eigenvalue weighted by Gasteiger charge is 2.25. The Hall–Kier alpha value is -1.70. The summed E-state index contributed by atoms with van der Waals surface area (Å²) in [6.45, 7) is 2.36. The zero-order valence-electron chi connectivity index (χ0n) is 14.9. The lowest BCUT2D eigenvalue weighted by molar-refractivity contribution is 0.348. The van der Waals surface area contributed by atoms with Crippen molar-refractivity contribution in [2.45, 2.75) is 63.7 Å². The van der Waals surface area contributed by atoms with Crippen molar-refractivity contribution in [1.29, 1.82) is 0 Å². The highest BCUT2D eigenvalue weighted by atomic mass is 19.2. The van der Waals surface area contributed by atoms with E-state index < -0.39 is 11.6 Å². The van der Waals surface area contributed by atoms with Crippen molar-refractivity contribution in [1.82, 2.24) is 0 Å². The van der Waals surface area contributed by atoms with Gasteiger partial charge in [0.1, 0.15) is 0 Å². The molecular weight excluding hydrogens is 314 g/mol. The van der Waals surface area contributed by atoms with Crippen LogP contribution < -0.4 is 0 Å². The predicted octanol–water partition coefficient (Wildman–Crippen LogP) is 6.53. The molecule has 0 heterocycles. The molecule has 0 amide bonds. The zero-order chi connectivity index (χ0) is 17.4. The Balaban J connectivity index is 1.48. The predicted molar refractivity (Wildman–Crippen MR) is 97.9 cm³/mol. The van der Waals surface area contributed by atoms with Gasteiger partial charge in [0.25, 0.3) is 0 Å². The molecule has 1 saturated carbocycles. The maximum atomic E-state index is 13.9. The molecule has 4 rings (SSSR count). The Morgan fingerprint density at radius 2 is 1.40 bits per heavy atom. The molecule has 1 atom stereocenters. The summed E-state index contributed by atoms with van der Waals surface area (Å²) in [6, 6.07) is 12.2. The van der Waals surface area contributed by atoms with Crippen LogP contribution in [0.1, 0.15) is 73.1 Å². The van der Waals surface area contributed by atoms with Crippen LogP contribution in [0.15, 0.2) is 36.4 Å². The minimum Gasteiger partial charge on any atom is -0.204 e. The van der Waals surface area contributed by atoms with Crippen LogP contribution in [0.5, 0.6) is 0 Å². The van der Waals surface area contributed by atoms with Gasteiger partial charge in [-0.25, -0.2) is 8.78 Å². The van der Waals surface area contributed by atoms with Crippen molar-refractivity contribution in [3.63, 3.8) is 0 Å². The van der Waals surface area contributed by atoms with E-state index in [0.717, 1.165) is 30.2 Å². The van der Waals surface area contributed by atoms with Gasteiger partial charge < -0.3 is 0 Å². The van der Waals surface area contributed by atoms with Gasteiger partial charge in [-0.1, -0.05) is 50.1 Å². The Bertz CT molecular complexity index is 739. The molecule has 0 nitrogen and oxygen atoms in total. The van der Waals surface area contributed by atoms with E-state index in [1.165, 1.54) is 42.9 Å². The molecule has 0 aromatic heterocycles. The standard InChI is InChI=1S/C23H26F2/c1-15-2-4-16(5-3-15)17-6-8-18(9-7-17)19-10-12-21-20(14-19)11-13-22(24)23(21)25/h6-9,11,13,15-16,19H,2-5,10,12,14H2,1H3. The highest BCUT2D eigenvalue weighted by molar-refractivity contribution is 5.36. The van der Waals surface area contributed by atoms with Gasteiger partial charge in [-0.3, -0.25) is 0 Å². The van der Waals surface area contributed by atoms with E-state index in [9.17, 15) is 8.78 Å². The van der Waals surface area contributed by atoms with E-state index in [1.807, 2.05) is 0 Å². The van der Waals surface area contributed by atoms with Crippen LogP contribution in [0.3, 0.4) is 0 Å². The first-order valence-corrected chi connectivity index (χ1v) is 9.67. The second kappa shape index (κ2) is 6.90. The van der Waals surface area contributed by atoms with Crippen molar-refractivity contribution in [3.05, 3.63) is 70.3 Å². The largest absolute Gasteiger partial charge is 0.204 e. The molecule has 0 radical (unpaired) electrons. The maximum absolute atomic E-state index is 13.9. The fourth-order valence-corrected chi connectivity index (χ4v) is 4.70. The summed E-state index contributed by atoms with van der Waals surface area (Å²) in [4.78, 5) is 0. The molecule has 0 saturated heterocycles. The summed E-state index contributed by atoms with van der Waals surface area (Å²) >= 11 is 0. The normalized spacial score (nSPS) is 26.3. The van der Waals surface area contributed by atoms with Gasteiger partial charge in [0.15, 0.2) is 11.6 Å². The number of fused-ring (bicyclic) bond motifs is 1. The summed E-state index contributed by atoms with van der Waals surface area (Å²) in [5.74, 6) is 0.649. The number of halogens is 2. The third-order valence-corrected chi connectivity index (χ3v) is 6.40. The van der Waals surface area contributed by atoms with E-state index in [2.05, 4.69) is 31.2 Å². The molecule has 0 spiro atoms. The average molecular weight is 340 g/mol. The third kappa shape index (κ3) is 3.36. The fraction of sp³-hybridized carbons (Fsp3) is 0.478. The van der Waals surface area contributed by atoms with Crippen LogP contribution in [0.4, 0.5) is 8.78 Å². The molecule has 0 N–H and O–H groups in total. The molecule has 0 bridgehead atoms. The lowest BCUT2D eigenvalue weighted by atomic mass is 9.77. The molecular formula is C23H26F2. The first-order valence-electron chi connectivity index (χ1n) is 9.67. The lowest BCUT2D eigenvalue weighted by Crippen LogP contribution is -2.15. The van der Waals surface area contributed by atoms with Crippen LogP contribution >= 0.6 is 0 Å². The van der Waals surface area contributed by atoms with Crippen molar-refractivity contribution < 1.29 is 8.78 Å². The van der Waals surface area contributed by atoms with Gasteiger partial charge in [-0.05, 0) is 78.2 Å². The Morgan fingerprint density at radius 1 is 0.760 bits per heavy atom. The molecule has 2 heteroatoms.